The minimum absolute atomic E-state index is 0.00233. The van der Waals surface area contributed by atoms with Gasteiger partial charge in [0.25, 0.3) is 0 Å². The van der Waals surface area contributed by atoms with E-state index in [9.17, 15) is 9.59 Å². The molecular weight excluding hydrogens is 929 g/mol. The van der Waals surface area contributed by atoms with Gasteiger partial charge in [-0.25, -0.2) is 9.97 Å². The van der Waals surface area contributed by atoms with Gasteiger partial charge in [-0.2, -0.15) is 0 Å². The van der Waals surface area contributed by atoms with Crippen molar-refractivity contribution in [1.29, 1.82) is 0 Å². The first-order valence-electron chi connectivity index (χ1n) is 28.2. The zero-order valence-corrected chi connectivity index (χ0v) is 45.4. The van der Waals surface area contributed by atoms with Gasteiger partial charge >= 0.3 is 0 Å². The number of carbonyl (C=O) groups excluding carboxylic acids is 2. The third kappa shape index (κ3) is 7.34. The van der Waals surface area contributed by atoms with Crippen LogP contribution >= 0.6 is 0 Å². The highest BCUT2D eigenvalue weighted by Crippen LogP contribution is 2.56. The molecule has 14 heterocycles. The van der Waals surface area contributed by atoms with Gasteiger partial charge in [-0.1, -0.05) is 100 Å². The summed E-state index contributed by atoms with van der Waals surface area (Å²) in [6, 6.07) is 32.3. The Bertz CT molecular complexity index is 3940. The number of nitrogens with one attached hydrogen (secondary N) is 2. The first-order chi connectivity index (χ1) is 37.0. The molecule has 0 saturated heterocycles. The minimum atomic E-state index is -0.00239. The van der Waals surface area contributed by atoms with Crippen molar-refractivity contribution in [3.05, 3.63) is 164 Å². The predicted octanol–water partition coefficient (Wildman–Crippen LogP) is 17.8. The Balaban J connectivity index is 1.10. The van der Waals surface area contributed by atoms with Crippen LogP contribution in [0.1, 0.15) is 149 Å². The number of rotatable bonds is 4. The molecule has 21 rings (SSSR count). The average molecular weight is 995 g/mol. The van der Waals surface area contributed by atoms with Crippen LogP contribution in [0.3, 0.4) is 0 Å². The number of aromatic nitrogens is 4. The molecule has 0 fully saturated rings. The average Bonchev–Trinajstić information content (AvgIpc) is 4.23. The number of benzene rings is 4. The van der Waals surface area contributed by atoms with Crippen LogP contribution < -0.4 is 0 Å². The van der Waals surface area contributed by atoms with E-state index in [4.69, 9.17) is 9.97 Å². The largest absolute Gasteiger partial charge is 0.354 e. The summed E-state index contributed by atoms with van der Waals surface area (Å²) >= 11 is 0. The normalized spacial score (nSPS) is 15.8. The van der Waals surface area contributed by atoms with Crippen molar-refractivity contribution in [2.45, 2.75) is 132 Å². The van der Waals surface area contributed by atoms with Crippen LogP contribution in [0.4, 0.5) is 0 Å². The molecule has 7 aromatic rings. The molecule has 0 spiro atoms. The topological polar surface area (TPSA) is 91.5 Å². The van der Waals surface area contributed by atoms with Gasteiger partial charge in [0.05, 0.1) is 33.8 Å². The molecule has 20 bridgehead atoms. The molecule has 11 aliphatic heterocycles. The third-order valence-corrected chi connectivity index (χ3v) is 18.0. The molecule has 4 aromatic carbocycles. The van der Waals surface area contributed by atoms with E-state index in [1.807, 2.05) is 0 Å². The fraction of sp³-hybridized carbons (Fsp3) is 0.286. The van der Waals surface area contributed by atoms with Crippen LogP contribution in [0.15, 0.2) is 108 Å². The molecular formula is C70H66N4O2. The zero-order chi connectivity index (χ0) is 52.3. The van der Waals surface area contributed by atoms with Crippen molar-refractivity contribution in [2.24, 2.45) is 0 Å². The number of ketones is 2. The number of nitrogens with zero attached hydrogens (tertiary/aromatic N) is 2. The Morgan fingerprint density at radius 3 is 1.39 bits per heavy atom. The third-order valence-electron chi connectivity index (χ3n) is 18.0. The fourth-order valence-corrected chi connectivity index (χ4v) is 14.0. The first kappa shape index (κ1) is 48.0. The summed E-state index contributed by atoms with van der Waals surface area (Å²) in [5.74, 6) is -0.00472. The lowest BCUT2D eigenvalue weighted by atomic mass is 9.75. The molecule has 14 aliphatic rings. The number of fused-ring (bicyclic) bond motifs is 1. The predicted molar refractivity (Wildman–Crippen MR) is 316 cm³/mol. The summed E-state index contributed by atoms with van der Waals surface area (Å²) < 4.78 is 0. The van der Waals surface area contributed by atoms with Crippen molar-refractivity contribution in [3.8, 4) is 66.8 Å². The van der Waals surface area contributed by atoms with Crippen LogP contribution in [0, 0.1) is 13.8 Å². The number of hydrogen-bond acceptors (Lipinski definition) is 4. The highest BCUT2D eigenvalue weighted by molar-refractivity contribution is 6.20. The summed E-state index contributed by atoms with van der Waals surface area (Å²) in [6.45, 7) is 18.3. The molecule has 3 aromatic heterocycles. The van der Waals surface area contributed by atoms with Crippen molar-refractivity contribution in [2.75, 3.05) is 0 Å². The summed E-state index contributed by atoms with van der Waals surface area (Å²) in [5, 5.41) is 0. The maximum atomic E-state index is 13.4. The van der Waals surface area contributed by atoms with Crippen LogP contribution in [-0.4, -0.2) is 31.5 Å². The van der Waals surface area contributed by atoms with E-state index in [1.165, 1.54) is 117 Å². The molecule has 2 N–H and O–H groups in total. The van der Waals surface area contributed by atoms with Crippen molar-refractivity contribution in [1.82, 2.24) is 19.9 Å². The number of aryl methyl sites for hydroxylation is 6. The monoisotopic (exact) mass is 995 g/mol. The molecule has 378 valence electrons. The lowest BCUT2D eigenvalue weighted by Crippen LogP contribution is -2.13. The highest BCUT2D eigenvalue weighted by Gasteiger charge is 2.33. The summed E-state index contributed by atoms with van der Waals surface area (Å²) in [5.41, 5.74) is 37.2. The first-order valence-corrected chi connectivity index (χ1v) is 28.2. The summed E-state index contributed by atoms with van der Waals surface area (Å²) in [6.07, 6.45) is 13.3. The Kier molecular flexibility index (Phi) is 11.7. The van der Waals surface area contributed by atoms with E-state index in [-0.39, 0.29) is 11.6 Å². The smallest absolute Gasteiger partial charge is 0.182 e. The van der Waals surface area contributed by atoms with E-state index in [1.54, 1.807) is 12.2 Å². The van der Waals surface area contributed by atoms with Gasteiger partial charge in [-0.05, 0) is 240 Å². The van der Waals surface area contributed by atoms with Gasteiger partial charge in [0.15, 0.2) is 11.6 Å². The molecule has 6 nitrogen and oxygen atoms in total. The molecule has 0 atom stereocenters. The van der Waals surface area contributed by atoms with E-state index >= 15 is 0 Å². The van der Waals surface area contributed by atoms with Gasteiger partial charge < -0.3 is 9.97 Å². The molecule has 76 heavy (non-hydrogen) atoms. The van der Waals surface area contributed by atoms with Gasteiger partial charge in [0.2, 0.25) is 0 Å². The Hall–Kier alpha value is -7.70. The minimum Gasteiger partial charge on any atom is -0.354 e. The van der Waals surface area contributed by atoms with E-state index in [0.29, 0.717) is 24.0 Å². The number of hydrogen-bond donors (Lipinski definition) is 2. The Morgan fingerprint density at radius 1 is 0.434 bits per heavy atom. The SMILES string of the molecule is CCC1=C(C)c2nc1cc1[nH]c(c(C)c1CC)c1c3[nH]c(cc4nc(c2-c2cccc5c2-c2ccc(cc2-5)CCCCC2=CC(=O)C(=CC2=O)CCCCc2ccc5c(c2)-c2c-5cccc2-1)C(C)=C4CC)c(CC)c3C. The summed E-state index contributed by atoms with van der Waals surface area (Å²) in [4.78, 5) is 46.7. The Morgan fingerprint density at radius 2 is 0.882 bits per heavy atom. The van der Waals surface area contributed by atoms with Crippen molar-refractivity contribution < 1.29 is 9.59 Å². The lowest BCUT2D eigenvalue weighted by Gasteiger charge is -2.28. The van der Waals surface area contributed by atoms with E-state index in [2.05, 4.69) is 150 Å². The van der Waals surface area contributed by atoms with Crippen LogP contribution in [0.25, 0.3) is 111 Å². The maximum Gasteiger partial charge on any atom is 0.182 e. The Labute approximate surface area is 446 Å². The molecule has 0 radical (unpaired) electrons. The van der Waals surface area contributed by atoms with Crippen molar-refractivity contribution >= 4 is 55.9 Å². The summed E-state index contributed by atoms with van der Waals surface area (Å²) in [7, 11) is 0. The van der Waals surface area contributed by atoms with Gasteiger partial charge in [-0.3, -0.25) is 9.59 Å². The second kappa shape index (κ2) is 18.5. The second-order valence-electron chi connectivity index (χ2n) is 22.1. The van der Waals surface area contributed by atoms with Crippen LogP contribution in [-0.2, 0) is 35.3 Å². The molecule has 3 aliphatic carbocycles. The van der Waals surface area contributed by atoms with E-state index in [0.717, 1.165) is 115 Å². The number of carbonyl (C=O) groups is 2. The number of H-pyrrole nitrogens is 2. The highest BCUT2D eigenvalue weighted by atomic mass is 16.1. The lowest BCUT2D eigenvalue weighted by molar-refractivity contribution is -0.115. The quantitative estimate of drug-likeness (QED) is 0.172. The molecule has 0 unspecified atom stereocenters. The van der Waals surface area contributed by atoms with E-state index < -0.39 is 0 Å². The van der Waals surface area contributed by atoms with Gasteiger partial charge in [-0.15, -0.1) is 0 Å². The number of allylic oxidation sites excluding steroid dienone is 8. The zero-order valence-electron chi connectivity index (χ0n) is 45.4. The standard InChI is InChI=1S/C70H66N4O2/c1-9-45-37(5)67-65-53-25-18-24-51-55-31-41(28-30-52(55)63(51)53)19-13-15-21-43-33-62(76)44(34-61(43)75)22-16-14-20-42-27-29-49-50-23-17-26-54(64(50)56(49)32-42)66(69-39(7)47(11-3)59(73-69)35-57(45)71-67)70-40(8)48(12-4)60(74-70)36-58-46(10-2)38(6)68(65)72-58/h17-18,23-36,73-74H,9-16,19-22H2,1-8H3. The fourth-order valence-electron chi connectivity index (χ4n) is 14.0. The maximum absolute atomic E-state index is 13.4. The second-order valence-corrected chi connectivity index (χ2v) is 22.1. The van der Waals surface area contributed by atoms with Crippen LogP contribution in [0.5, 0.6) is 0 Å². The molecule has 0 amide bonds. The van der Waals surface area contributed by atoms with Crippen molar-refractivity contribution in [3.63, 3.8) is 0 Å². The van der Waals surface area contributed by atoms with Gasteiger partial charge in [0, 0.05) is 33.3 Å². The number of aromatic amines is 2. The molecule has 0 saturated carbocycles. The van der Waals surface area contributed by atoms with Gasteiger partial charge in [0.1, 0.15) is 0 Å². The van der Waals surface area contributed by atoms with Crippen LogP contribution in [0.2, 0.25) is 0 Å². The molecule has 6 heteroatoms.